The molecule has 1 heterocycles. The van der Waals surface area contributed by atoms with Crippen LogP contribution in [-0.2, 0) is 17.8 Å². The average Bonchev–Trinajstić information content (AvgIpc) is 2.60. The predicted molar refractivity (Wildman–Crippen MR) is 88.5 cm³/mol. The number of hydrogen-bond donors (Lipinski definition) is 1. The second kappa shape index (κ2) is 8.17. The monoisotopic (exact) mass is 314 g/mol. The first-order valence-electron chi connectivity index (χ1n) is 7.51. The largest absolute Gasteiger partial charge is 0.493 e. The second-order valence-electron chi connectivity index (χ2n) is 5.37. The van der Waals surface area contributed by atoms with Crippen LogP contribution in [0.15, 0.2) is 42.7 Å². The number of methoxy groups -OCH3 is 2. The highest BCUT2D eigenvalue weighted by atomic mass is 16.5. The van der Waals surface area contributed by atoms with E-state index in [1.807, 2.05) is 37.3 Å². The first-order valence-corrected chi connectivity index (χ1v) is 7.51. The lowest BCUT2D eigenvalue weighted by Gasteiger charge is -2.14. The molecule has 23 heavy (non-hydrogen) atoms. The summed E-state index contributed by atoms with van der Waals surface area (Å²) in [6.07, 6.45) is 4.08. The minimum absolute atomic E-state index is 0.0246. The van der Waals surface area contributed by atoms with Crippen LogP contribution in [0.1, 0.15) is 18.1 Å². The molecule has 1 N–H and O–H groups in total. The number of benzene rings is 1. The highest BCUT2D eigenvalue weighted by Gasteiger charge is 2.14. The van der Waals surface area contributed by atoms with Gasteiger partial charge in [-0.1, -0.05) is 13.0 Å². The molecule has 5 nitrogen and oxygen atoms in total. The molecule has 0 aliphatic carbocycles. The fourth-order valence-corrected chi connectivity index (χ4v) is 2.32. The van der Waals surface area contributed by atoms with Crippen molar-refractivity contribution in [2.75, 3.05) is 14.2 Å². The minimum atomic E-state index is -0.130. The van der Waals surface area contributed by atoms with Crippen LogP contribution in [-0.4, -0.2) is 25.1 Å². The van der Waals surface area contributed by atoms with Gasteiger partial charge in [0.1, 0.15) is 0 Å². The Bertz CT molecular complexity index is 644. The van der Waals surface area contributed by atoms with Crippen molar-refractivity contribution in [3.63, 3.8) is 0 Å². The maximum absolute atomic E-state index is 12.2. The standard InChI is InChI=1S/C18H22N2O3/c1-13(18(21)20-12-14-6-8-19-9-7-14)10-15-4-5-16(22-2)17(11-15)23-3/h4-9,11,13H,10,12H2,1-3H3,(H,20,21). The van der Waals surface area contributed by atoms with Crippen molar-refractivity contribution >= 4 is 5.91 Å². The normalized spacial score (nSPS) is 11.6. The Balaban J connectivity index is 1.93. The minimum Gasteiger partial charge on any atom is -0.493 e. The van der Waals surface area contributed by atoms with E-state index in [1.54, 1.807) is 26.6 Å². The summed E-state index contributed by atoms with van der Waals surface area (Å²) in [5.41, 5.74) is 2.07. The molecule has 0 saturated heterocycles. The van der Waals surface area contributed by atoms with E-state index in [4.69, 9.17) is 9.47 Å². The summed E-state index contributed by atoms with van der Waals surface area (Å²) in [6.45, 7) is 2.43. The van der Waals surface area contributed by atoms with Crippen molar-refractivity contribution in [1.82, 2.24) is 10.3 Å². The fraction of sp³-hybridized carbons (Fsp3) is 0.333. The van der Waals surface area contributed by atoms with Crippen molar-refractivity contribution < 1.29 is 14.3 Å². The van der Waals surface area contributed by atoms with Crippen LogP contribution in [0.2, 0.25) is 0 Å². The summed E-state index contributed by atoms with van der Waals surface area (Å²) in [7, 11) is 3.21. The van der Waals surface area contributed by atoms with Gasteiger partial charge in [-0.15, -0.1) is 0 Å². The molecule has 0 saturated carbocycles. The maximum Gasteiger partial charge on any atom is 0.223 e. The van der Waals surface area contributed by atoms with Gasteiger partial charge in [0.15, 0.2) is 11.5 Å². The van der Waals surface area contributed by atoms with Gasteiger partial charge in [0.2, 0.25) is 5.91 Å². The topological polar surface area (TPSA) is 60.5 Å². The number of rotatable bonds is 7. The zero-order chi connectivity index (χ0) is 16.7. The molecular formula is C18H22N2O3. The van der Waals surface area contributed by atoms with E-state index in [9.17, 15) is 4.79 Å². The maximum atomic E-state index is 12.2. The van der Waals surface area contributed by atoms with E-state index in [0.717, 1.165) is 11.1 Å². The van der Waals surface area contributed by atoms with Gasteiger partial charge in [-0.25, -0.2) is 0 Å². The Morgan fingerprint density at radius 2 is 1.78 bits per heavy atom. The van der Waals surface area contributed by atoms with Crippen LogP contribution in [0, 0.1) is 5.92 Å². The third kappa shape index (κ3) is 4.71. The number of carbonyl (C=O) groups is 1. The van der Waals surface area contributed by atoms with E-state index in [1.165, 1.54) is 0 Å². The first-order chi connectivity index (χ1) is 11.1. The van der Waals surface area contributed by atoms with Gasteiger partial charge in [0, 0.05) is 24.9 Å². The molecule has 0 aliphatic heterocycles. The van der Waals surface area contributed by atoms with E-state index in [-0.39, 0.29) is 11.8 Å². The van der Waals surface area contributed by atoms with Crippen molar-refractivity contribution in [2.24, 2.45) is 5.92 Å². The Kier molecular flexibility index (Phi) is 5.97. The first kappa shape index (κ1) is 16.8. The van der Waals surface area contributed by atoms with Crippen LogP contribution in [0.5, 0.6) is 11.5 Å². The number of amides is 1. The molecule has 0 fully saturated rings. The molecular weight excluding hydrogens is 292 g/mol. The lowest BCUT2D eigenvalue weighted by molar-refractivity contribution is -0.124. The van der Waals surface area contributed by atoms with Crippen LogP contribution in [0.4, 0.5) is 0 Å². The van der Waals surface area contributed by atoms with E-state index in [0.29, 0.717) is 24.5 Å². The molecule has 122 valence electrons. The third-order valence-corrected chi connectivity index (χ3v) is 3.65. The highest BCUT2D eigenvalue weighted by Crippen LogP contribution is 2.28. The van der Waals surface area contributed by atoms with Gasteiger partial charge in [0.25, 0.3) is 0 Å². The third-order valence-electron chi connectivity index (χ3n) is 3.65. The quantitative estimate of drug-likeness (QED) is 0.853. The van der Waals surface area contributed by atoms with E-state index >= 15 is 0 Å². The van der Waals surface area contributed by atoms with Crippen molar-refractivity contribution in [2.45, 2.75) is 19.9 Å². The Morgan fingerprint density at radius 3 is 2.43 bits per heavy atom. The van der Waals surface area contributed by atoms with E-state index in [2.05, 4.69) is 10.3 Å². The molecule has 1 unspecified atom stereocenters. The molecule has 0 radical (unpaired) electrons. The summed E-state index contributed by atoms with van der Waals surface area (Å²) < 4.78 is 10.5. The average molecular weight is 314 g/mol. The predicted octanol–water partition coefficient (Wildman–Crippen LogP) is 2.59. The molecule has 2 rings (SSSR count). The number of aromatic nitrogens is 1. The zero-order valence-electron chi connectivity index (χ0n) is 13.7. The molecule has 0 aliphatic rings. The molecule has 0 bridgehead atoms. The van der Waals surface area contributed by atoms with Crippen LogP contribution in [0.3, 0.4) is 0 Å². The van der Waals surface area contributed by atoms with Crippen LogP contribution in [0.25, 0.3) is 0 Å². The van der Waals surface area contributed by atoms with Crippen molar-refractivity contribution in [1.29, 1.82) is 0 Å². The molecule has 2 aromatic rings. The number of nitrogens with one attached hydrogen (secondary N) is 1. The van der Waals surface area contributed by atoms with Gasteiger partial charge >= 0.3 is 0 Å². The Labute approximate surface area is 136 Å². The lowest BCUT2D eigenvalue weighted by atomic mass is 10.00. The smallest absolute Gasteiger partial charge is 0.223 e. The van der Waals surface area contributed by atoms with Crippen molar-refractivity contribution in [3.8, 4) is 11.5 Å². The molecule has 0 spiro atoms. The Morgan fingerprint density at radius 1 is 1.09 bits per heavy atom. The second-order valence-corrected chi connectivity index (χ2v) is 5.37. The SMILES string of the molecule is COc1ccc(CC(C)C(=O)NCc2ccncc2)cc1OC. The molecule has 1 amide bonds. The summed E-state index contributed by atoms with van der Waals surface area (Å²) in [6, 6.07) is 9.49. The summed E-state index contributed by atoms with van der Waals surface area (Å²) in [5, 5.41) is 2.95. The molecule has 5 heteroatoms. The lowest BCUT2D eigenvalue weighted by Crippen LogP contribution is -2.29. The van der Waals surface area contributed by atoms with Gasteiger partial charge < -0.3 is 14.8 Å². The van der Waals surface area contributed by atoms with Crippen LogP contribution < -0.4 is 14.8 Å². The van der Waals surface area contributed by atoms with Gasteiger partial charge in [0.05, 0.1) is 14.2 Å². The fourth-order valence-electron chi connectivity index (χ4n) is 2.32. The summed E-state index contributed by atoms with van der Waals surface area (Å²) >= 11 is 0. The molecule has 1 aromatic carbocycles. The summed E-state index contributed by atoms with van der Waals surface area (Å²) in [4.78, 5) is 16.2. The number of carbonyl (C=O) groups excluding carboxylic acids is 1. The van der Waals surface area contributed by atoms with Gasteiger partial charge in [-0.3, -0.25) is 9.78 Å². The Hall–Kier alpha value is -2.56. The number of nitrogens with zero attached hydrogens (tertiary/aromatic N) is 1. The number of pyridine rings is 1. The molecule has 1 atom stereocenters. The number of hydrogen-bond acceptors (Lipinski definition) is 4. The van der Waals surface area contributed by atoms with Gasteiger partial charge in [-0.2, -0.15) is 0 Å². The van der Waals surface area contributed by atoms with Gasteiger partial charge in [-0.05, 0) is 41.8 Å². The number of ether oxygens (including phenoxy) is 2. The van der Waals surface area contributed by atoms with E-state index < -0.39 is 0 Å². The zero-order valence-corrected chi connectivity index (χ0v) is 13.7. The summed E-state index contributed by atoms with van der Waals surface area (Å²) in [5.74, 6) is 1.26. The highest BCUT2D eigenvalue weighted by molar-refractivity contribution is 5.78. The van der Waals surface area contributed by atoms with Crippen LogP contribution >= 0.6 is 0 Å². The van der Waals surface area contributed by atoms with Crippen molar-refractivity contribution in [3.05, 3.63) is 53.9 Å². The molecule has 1 aromatic heterocycles.